The van der Waals surface area contributed by atoms with Crippen molar-refractivity contribution < 1.29 is 18.7 Å². The Kier molecular flexibility index (Phi) is 6.28. The van der Waals surface area contributed by atoms with Crippen LogP contribution in [0.25, 0.3) is 11.0 Å². The molecular formula is C23H23ClO5. The number of benzene rings is 2. The number of halogens is 1. The molecule has 0 aliphatic heterocycles. The van der Waals surface area contributed by atoms with E-state index in [1.165, 1.54) is 6.07 Å². The molecule has 152 valence electrons. The first-order valence-electron chi connectivity index (χ1n) is 9.36. The zero-order valence-electron chi connectivity index (χ0n) is 16.9. The normalized spacial score (nSPS) is 11.1. The molecule has 0 fully saturated rings. The van der Waals surface area contributed by atoms with Gasteiger partial charge in [0.25, 0.3) is 0 Å². The van der Waals surface area contributed by atoms with E-state index >= 15 is 0 Å². The Morgan fingerprint density at radius 2 is 1.86 bits per heavy atom. The second kappa shape index (κ2) is 8.70. The summed E-state index contributed by atoms with van der Waals surface area (Å²) in [5, 5.41) is 1.40. The quantitative estimate of drug-likeness (QED) is 0.404. The average Bonchev–Trinajstić information content (AvgIpc) is 2.66. The summed E-state index contributed by atoms with van der Waals surface area (Å²) >= 11 is 5.98. The molecule has 0 amide bonds. The first kappa shape index (κ1) is 20.9. The lowest BCUT2D eigenvalue weighted by atomic mass is 9.95. The lowest BCUT2D eigenvalue weighted by Crippen LogP contribution is -2.15. The van der Waals surface area contributed by atoms with Crippen LogP contribution in [0.5, 0.6) is 5.75 Å². The van der Waals surface area contributed by atoms with Gasteiger partial charge < -0.3 is 13.9 Å². The van der Waals surface area contributed by atoms with Crippen molar-refractivity contribution in [1.29, 1.82) is 0 Å². The lowest BCUT2D eigenvalue weighted by Gasteiger charge is -2.13. The van der Waals surface area contributed by atoms with Crippen LogP contribution in [0, 0.1) is 13.8 Å². The number of esters is 1. The predicted octanol–water partition coefficient (Wildman–Crippen LogP) is 5.31. The van der Waals surface area contributed by atoms with Crippen molar-refractivity contribution in [3.63, 3.8) is 0 Å². The monoisotopic (exact) mass is 414 g/mol. The van der Waals surface area contributed by atoms with Gasteiger partial charge in [-0.2, -0.15) is 0 Å². The van der Waals surface area contributed by atoms with Gasteiger partial charge in [0.05, 0.1) is 0 Å². The molecule has 1 heterocycles. The number of rotatable bonds is 6. The number of hydrogen-bond acceptors (Lipinski definition) is 5. The molecule has 0 unspecified atom stereocenters. The van der Waals surface area contributed by atoms with E-state index in [4.69, 9.17) is 25.5 Å². The average molecular weight is 415 g/mol. The van der Waals surface area contributed by atoms with Crippen molar-refractivity contribution in [3.05, 3.63) is 74.1 Å². The molecule has 3 aromatic rings. The van der Waals surface area contributed by atoms with E-state index in [0.29, 0.717) is 27.8 Å². The summed E-state index contributed by atoms with van der Waals surface area (Å²) in [4.78, 5) is 24.0. The molecule has 5 nitrogen and oxygen atoms in total. The van der Waals surface area contributed by atoms with Crippen molar-refractivity contribution in [3.8, 4) is 5.75 Å². The van der Waals surface area contributed by atoms with Crippen LogP contribution in [0.2, 0.25) is 5.02 Å². The van der Waals surface area contributed by atoms with Crippen LogP contribution < -0.4 is 10.4 Å². The zero-order chi connectivity index (χ0) is 21.1. The Morgan fingerprint density at radius 1 is 1.10 bits per heavy atom. The molecule has 3 rings (SSSR count). The maximum atomic E-state index is 12.1. The number of carbonyl (C=O) groups is 1. The van der Waals surface area contributed by atoms with Crippen molar-refractivity contribution >= 4 is 28.5 Å². The SMILES string of the molecule is Cc1cc(OCC(=O)OCc2cc(=O)oc3cc(C)c(C(C)C)cc23)ccc1Cl. The topological polar surface area (TPSA) is 65.7 Å². The maximum absolute atomic E-state index is 12.1. The minimum absolute atomic E-state index is 0.0372. The van der Waals surface area contributed by atoms with Crippen LogP contribution in [0.15, 0.2) is 45.6 Å². The second-order valence-corrected chi connectivity index (χ2v) is 7.72. The van der Waals surface area contributed by atoms with Crippen molar-refractivity contribution in [2.45, 2.75) is 40.2 Å². The van der Waals surface area contributed by atoms with Crippen LogP contribution in [0.4, 0.5) is 0 Å². The number of ether oxygens (including phenoxy) is 2. The largest absolute Gasteiger partial charge is 0.482 e. The third-order valence-electron chi connectivity index (χ3n) is 4.71. The molecular weight excluding hydrogens is 392 g/mol. The molecule has 29 heavy (non-hydrogen) atoms. The summed E-state index contributed by atoms with van der Waals surface area (Å²) in [6.07, 6.45) is 0. The minimum Gasteiger partial charge on any atom is -0.482 e. The van der Waals surface area contributed by atoms with E-state index in [0.717, 1.165) is 22.1 Å². The summed E-state index contributed by atoms with van der Waals surface area (Å²) in [6.45, 7) is 7.76. The summed E-state index contributed by atoms with van der Waals surface area (Å²) in [6, 6.07) is 10.4. The third-order valence-corrected chi connectivity index (χ3v) is 5.14. The number of fused-ring (bicyclic) bond motifs is 1. The summed E-state index contributed by atoms with van der Waals surface area (Å²) in [7, 11) is 0. The summed E-state index contributed by atoms with van der Waals surface area (Å²) in [5.41, 5.74) is 3.67. The van der Waals surface area contributed by atoms with Crippen molar-refractivity contribution in [2.24, 2.45) is 0 Å². The first-order valence-corrected chi connectivity index (χ1v) is 9.74. The molecule has 6 heteroatoms. The molecule has 0 spiro atoms. The van der Waals surface area contributed by atoms with Crippen molar-refractivity contribution in [2.75, 3.05) is 6.61 Å². The second-order valence-electron chi connectivity index (χ2n) is 7.31. The molecule has 0 saturated heterocycles. The Morgan fingerprint density at radius 3 is 2.55 bits per heavy atom. The highest BCUT2D eigenvalue weighted by atomic mass is 35.5. The van der Waals surface area contributed by atoms with Gasteiger partial charge >= 0.3 is 11.6 Å². The van der Waals surface area contributed by atoms with E-state index in [1.807, 2.05) is 26.0 Å². The third kappa shape index (κ3) is 4.98. The first-order chi connectivity index (χ1) is 13.7. The Balaban J connectivity index is 1.73. The maximum Gasteiger partial charge on any atom is 0.344 e. The molecule has 0 aliphatic carbocycles. The smallest absolute Gasteiger partial charge is 0.344 e. The standard InChI is InChI=1S/C23H23ClO5/c1-13(2)18-10-19-16(9-22(25)29-21(19)8-14(18)3)11-28-23(26)12-27-17-5-6-20(24)15(4)7-17/h5-10,13H,11-12H2,1-4H3. The molecule has 0 saturated carbocycles. The van der Waals surface area contributed by atoms with Crippen LogP contribution in [0.1, 0.15) is 42.0 Å². The van der Waals surface area contributed by atoms with Gasteiger partial charge in [-0.3, -0.25) is 0 Å². The highest BCUT2D eigenvalue weighted by Gasteiger charge is 2.13. The summed E-state index contributed by atoms with van der Waals surface area (Å²) < 4.78 is 16.1. The van der Waals surface area contributed by atoms with Gasteiger partial charge in [-0.1, -0.05) is 25.4 Å². The molecule has 0 radical (unpaired) electrons. The highest BCUT2D eigenvalue weighted by molar-refractivity contribution is 6.31. The van der Waals surface area contributed by atoms with Gasteiger partial charge in [0.2, 0.25) is 0 Å². The Hall–Kier alpha value is -2.79. The summed E-state index contributed by atoms with van der Waals surface area (Å²) in [5.74, 6) is 0.319. The van der Waals surface area contributed by atoms with Gasteiger partial charge in [-0.05, 0) is 66.8 Å². The zero-order valence-corrected chi connectivity index (χ0v) is 17.6. The molecule has 1 aromatic heterocycles. The van der Waals surface area contributed by atoms with E-state index < -0.39 is 11.6 Å². The molecule has 0 N–H and O–H groups in total. The van der Waals surface area contributed by atoms with Gasteiger partial charge in [0.1, 0.15) is 17.9 Å². The van der Waals surface area contributed by atoms with Gasteiger partial charge in [-0.25, -0.2) is 9.59 Å². The van der Waals surface area contributed by atoms with E-state index in [1.54, 1.807) is 18.2 Å². The Bertz CT molecular complexity index is 1110. The molecule has 0 atom stereocenters. The number of carbonyl (C=O) groups excluding carboxylic acids is 1. The fourth-order valence-corrected chi connectivity index (χ4v) is 3.30. The van der Waals surface area contributed by atoms with E-state index in [2.05, 4.69) is 13.8 Å². The predicted molar refractivity (Wildman–Crippen MR) is 113 cm³/mol. The van der Waals surface area contributed by atoms with E-state index in [-0.39, 0.29) is 13.2 Å². The fraction of sp³-hybridized carbons (Fsp3) is 0.304. The van der Waals surface area contributed by atoms with Crippen LogP contribution in [-0.2, 0) is 16.1 Å². The molecule has 0 aliphatic rings. The van der Waals surface area contributed by atoms with Crippen LogP contribution in [0.3, 0.4) is 0 Å². The molecule has 2 aromatic carbocycles. The Labute approximate surface area is 174 Å². The molecule has 0 bridgehead atoms. The van der Waals surface area contributed by atoms with E-state index in [9.17, 15) is 9.59 Å². The number of aryl methyl sites for hydroxylation is 2. The lowest BCUT2D eigenvalue weighted by molar-refractivity contribution is -0.147. The van der Waals surface area contributed by atoms with Crippen LogP contribution >= 0.6 is 11.6 Å². The van der Waals surface area contributed by atoms with Gasteiger partial charge in [-0.15, -0.1) is 0 Å². The van der Waals surface area contributed by atoms with Gasteiger partial charge in [0, 0.05) is 22.0 Å². The van der Waals surface area contributed by atoms with Crippen LogP contribution in [-0.4, -0.2) is 12.6 Å². The highest BCUT2D eigenvalue weighted by Crippen LogP contribution is 2.27. The van der Waals surface area contributed by atoms with Crippen molar-refractivity contribution in [1.82, 2.24) is 0 Å². The number of hydrogen-bond donors (Lipinski definition) is 0. The van der Waals surface area contributed by atoms with Gasteiger partial charge in [0.15, 0.2) is 6.61 Å². The minimum atomic E-state index is -0.532. The fourth-order valence-electron chi connectivity index (χ4n) is 3.18.